The van der Waals surface area contributed by atoms with Crippen molar-refractivity contribution in [2.75, 3.05) is 26.0 Å². The molecular weight excluding hydrogens is 482 g/mol. The number of amides is 3. The minimum atomic E-state index is -0.756. The predicted octanol–water partition coefficient (Wildman–Crippen LogP) is 5.17. The molecule has 2 aromatic heterocycles. The van der Waals surface area contributed by atoms with E-state index in [2.05, 4.69) is 32.0 Å². The first-order valence-corrected chi connectivity index (χ1v) is 13.5. The molecule has 0 unspecified atom stereocenters. The van der Waals surface area contributed by atoms with E-state index in [1.165, 1.54) is 10.4 Å². The molecule has 0 bridgehead atoms. The van der Waals surface area contributed by atoms with Crippen LogP contribution >= 0.6 is 11.3 Å². The Balaban J connectivity index is 1.40. The second kappa shape index (κ2) is 10.8. The van der Waals surface area contributed by atoms with E-state index in [4.69, 9.17) is 0 Å². The molecule has 0 spiro atoms. The number of rotatable bonds is 7. The molecule has 0 saturated heterocycles. The van der Waals surface area contributed by atoms with Crippen LogP contribution in [0.25, 0.3) is 10.9 Å². The molecule has 0 fully saturated rings. The number of hydrogen-bond acceptors (Lipinski definition) is 4. The monoisotopic (exact) mass is 515 g/mol. The summed E-state index contributed by atoms with van der Waals surface area (Å²) in [6.45, 7) is 3.98. The highest BCUT2D eigenvalue weighted by Gasteiger charge is 2.32. The lowest BCUT2D eigenvalue weighted by Crippen LogP contribution is -2.52. The lowest BCUT2D eigenvalue weighted by molar-refractivity contribution is -0.118. The molecule has 8 heteroatoms. The second-order valence-corrected chi connectivity index (χ2v) is 11.0. The Bertz CT molecular complexity index is 1410. The van der Waals surface area contributed by atoms with Gasteiger partial charge in [-0.15, -0.1) is 11.3 Å². The summed E-state index contributed by atoms with van der Waals surface area (Å²) in [5.41, 5.74) is 5.14. The molecule has 1 aliphatic rings. The highest BCUT2D eigenvalue weighted by Crippen LogP contribution is 2.29. The number of urea groups is 1. The fourth-order valence-electron chi connectivity index (χ4n) is 5.03. The highest BCUT2D eigenvalue weighted by atomic mass is 32.1. The third-order valence-corrected chi connectivity index (χ3v) is 7.92. The van der Waals surface area contributed by atoms with Crippen molar-refractivity contribution in [3.63, 3.8) is 0 Å². The summed E-state index contributed by atoms with van der Waals surface area (Å²) in [6.07, 6.45) is 2.78. The first-order chi connectivity index (χ1) is 17.9. The van der Waals surface area contributed by atoms with Gasteiger partial charge in [-0.3, -0.25) is 4.79 Å². The maximum absolute atomic E-state index is 13.7. The van der Waals surface area contributed by atoms with Gasteiger partial charge in [0.2, 0.25) is 5.91 Å². The first kappa shape index (κ1) is 25.0. The van der Waals surface area contributed by atoms with Crippen LogP contribution in [0.15, 0.2) is 66.2 Å². The van der Waals surface area contributed by atoms with Crippen LogP contribution in [0.1, 0.15) is 34.4 Å². The number of carbonyl (C=O) groups excluding carboxylic acids is 2. The fourth-order valence-corrected chi connectivity index (χ4v) is 5.98. The molecule has 0 radical (unpaired) electrons. The van der Waals surface area contributed by atoms with Crippen LogP contribution in [-0.4, -0.2) is 53.4 Å². The van der Waals surface area contributed by atoms with Crippen molar-refractivity contribution >= 4 is 39.9 Å². The van der Waals surface area contributed by atoms with E-state index >= 15 is 0 Å². The zero-order valence-corrected chi connectivity index (χ0v) is 22.3. The molecule has 0 saturated carbocycles. The van der Waals surface area contributed by atoms with E-state index in [0.717, 1.165) is 40.7 Å². The predicted molar refractivity (Wildman–Crippen MR) is 150 cm³/mol. The fraction of sp³-hybridized carbons (Fsp3) is 0.310. The standard InChI is InChI=1S/C29H33N5O2S/c1-19(24-16-30-25-10-5-4-9-23(24)25)27(28(35)31-22-8-6-7-20(15-22)17-33(2)3)32-29(36)34-13-11-21-12-14-37-26(21)18-34/h4-10,12,14-16,19,27,30H,11,13,17-18H2,1-3H3,(H,31,35)(H,32,36)/t19-,27+/m0/s1. The minimum Gasteiger partial charge on any atom is -0.361 e. The topological polar surface area (TPSA) is 80.5 Å². The molecule has 0 aliphatic carbocycles. The van der Waals surface area contributed by atoms with Gasteiger partial charge in [-0.05, 0) is 66.9 Å². The smallest absolute Gasteiger partial charge is 0.318 e. The molecule has 7 nitrogen and oxygen atoms in total. The van der Waals surface area contributed by atoms with Gasteiger partial charge < -0.3 is 25.4 Å². The number of fused-ring (bicyclic) bond motifs is 2. The molecular formula is C29H33N5O2S. The largest absolute Gasteiger partial charge is 0.361 e. The molecule has 4 aromatic rings. The minimum absolute atomic E-state index is 0.216. The van der Waals surface area contributed by atoms with Gasteiger partial charge >= 0.3 is 6.03 Å². The van der Waals surface area contributed by atoms with Crippen LogP contribution < -0.4 is 10.6 Å². The quantitative estimate of drug-likeness (QED) is 0.318. The van der Waals surface area contributed by atoms with Crippen LogP contribution in [0.4, 0.5) is 10.5 Å². The van der Waals surface area contributed by atoms with Gasteiger partial charge in [-0.25, -0.2) is 4.79 Å². The van der Waals surface area contributed by atoms with Crippen molar-refractivity contribution in [1.82, 2.24) is 20.1 Å². The molecule has 192 valence electrons. The number of anilines is 1. The number of benzene rings is 2. The second-order valence-electron chi connectivity index (χ2n) is 9.97. The summed E-state index contributed by atoms with van der Waals surface area (Å²) in [7, 11) is 4.03. The van der Waals surface area contributed by atoms with E-state index in [-0.39, 0.29) is 17.9 Å². The average molecular weight is 516 g/mol. The Kier molecular flexibility index (Phi) is 7.30. The van der Waals surface area contributed by atoms with Gasteiger partial charge in [0.25, 0.3) is 0 Å². The van der Waals surface area contributed by atoms with Gasteiger partial charge in [0.1, 0.15) is 6.04 Å². The molecule has 2 aromatic carbocycles. The molecule has 5 rings (SSSR count). The molecule has 3 heterocycles. The van der Waals surface area contributed by atoms with E-state index in [0.29, 0.717) is 13.1 Å². The number of aromatic nitrogens is 1. The van der Waals surface area contributed by atoms with Crippen LogP contribution in [0, 0.1) is 0 Å². The Hall–Kier alpha value is -3.62. The van der Waals surface area contributed by atoms with Crippen LogP contribution in [0.3, 0.4) is 0 Å². The van der Waals surface area contributed by atoms with Gasteiger partial charge in [-0.1, -0.05) is 37.3 Å². The third-order valence-electron chi connectivity index (χ3n) is 6.98. The number of carbonyl (C=O) groups is 2. The Morgan fingerprint density at radius 3 is 2.81 bits per heavy atom. The van der Waals surface area contributed by atoms with Crippen molar-refractivity contribution in [3.05, 3.63) is 87.7 Å². The summed E-state index contributed by atoms with van der Waals surface area (Å²) >= 11 is 1.68. The highest BCUT2D eigenvalue weighted by molar-refractivity contribution is 7.10. The van der Waals surface area contributed by atoms with Crippen molar-refractivity contribution < 1.29 is 9.59 Å². The summed E-state index contributed by atoms with van der Waals surface area (Å²) < 4.78 is 0. The molecule has 1 aliphatic heterocycles. The van der Waals surface area contributed by atoms with Gasteiger partial charge in [0, 0.05) is 46.7 Å². The van der Waals surface area contributed by atoms with Crippen molar-refractivity contribution in [2.24, 2.45) is 0 Å². The average Bonchev–Trinajstić information content (AvgIpc) is 3.53. The molecule has 2 atom stereocenters. The molecule has 3 N–H and O–H groups in total. The number of H-pyrrole nitrogens is 1. The first-order valence-electron chi connectivity index (χ1n) is 12.6. The molecule has 3 amide bonds. The number of nitrogens with zero attached hydrogens (tertiary/aromatic N) is 2. The maximum Gasteiger partial charge on any atom is 0.318 e. The van der Waals surface area contributed by atoms with E-state index in [1.807, 2.05) is 75.7 Å². The van der Waals surface area contributed by atoms with E-state index < -0.39 is 6.04 Å². The Labute approximate surface area is 221 Å². The van der Waals surface area contributed by atoms with Crippen LogP contribution in [-0.2, 0) is 24.3 Å². The van der Waals surface area contributed by atoms with Gasteiger partial charge in [-0.2, -0.15) is 0 Å². The zero-order chi connectivity index (χ0) is 25.9. The number of nitrogens with one attached hydrogen (secondary N) is 3. The van der Waals surface area contributed by atoms with E-state index in [9.17, 15) is 9.59 Å². The summed E-state index contributed by atoms with van der Waals surface area (Å²) in [4.78, 5) is 35.6. The SMILES string of the molecule is C[C@@H](c1c[nH]c2ccccc12)[C@@H](NC(=O)N1CCc2ccsc2C1)C(=O)Nc1cccc(CN(C)C)c1. The Morgan fingerprint density at radius 1 is 1.14 bits per heavy atom. The summed E-state index contributed by atoms with van der Waals surface area (Å²) in [5.74, 6) is -0.492. The van der Waals surface area contributed by atoms with Gasteiger partial charge in [0.15, 0.2) is 0 Å². The van der Waals surface area contributed by atoms with Crippen molar-refractivity contribution in [2.45, 2.75) is 38.4 Å². The number of hydrogen-bond donors (Lipinski definition) is 3. The van der Waals surface area contributed by atoms with Gasteiger partial charge in [0.05, 0.1) is 6.54 Å². The normalized spacial score (nSPS) is 14.9. The number of para-hydroxylation sites is 1. The van der Waals surface area contributed by atoms with E-state index in [1.54, 1.807) is 16.2 Å². The summed E-state index contributed by atoms with van der Waals surface area (Å²) in [5, 5.41) is 9.28. The summed E-state index contributed by atoms with van der Waals surface area (Å²) in [6, 6.07) is 17.0. The Morgan fingerprint density at radius 2 is 1.97 bits per heavy atom. The van der Waals surface area contributed by atoms with Crippen molar-refractivity contribution in [3.8, 4) is 0 Å². The lowest BCUT2D eigenvalue weighted by atomic mass is 9.92. The lowest BCUT2D eigenvalue weighted by Gasteiger charge is -2.31. The molecule has 37 heavy (non-hydrogen) atoms. The third kappa shape index (κ3) is 5.55. The number of aromatic amines is 1. The van der Waals surface area contributed by atoms with Crippen LogP contribution in [0.2, 0.25) is 0 Å². The maximum atomic E-state index is 13.7. The number of thiophene rings is 1. The van der Waals surface area contributed by atoms with Crippen molar-refractivity contribution in [1.29, 1.82) is 0 Å². The zero-order valence-electron chi connectivity index (χ0n) is 21.5. The van der Waals surface area contributed by atoms with Crippen LogP contribution in [0.5, 0.6) is 0 Å².